The molecule has 110 valence electrons. The minimum absolute atomic E-state index is 0.0531. The highest BCUT2D eigenvalue weighted by Crippen LogP contribution is 2.34. The predicted octanol–water partition coefficient (Wildman–Crippen LogP) is 1.71. The van der Waals surface area contributed by atoms with Gasteiger partial charge in [-0.05, 0) is 18.6 Å². The van der Waals surface area contributed by atoms with Gasteiger partial charge in [0.15, 0.2) is 5.75 Å². The lowest BCUT2D eigenvalue weighted by atomic mass is 10.1. The number of aromatic carboxylic acids is 1. The van der Waals surface area contributed by atoms with Gasteiger partial charge in [-0.25, -0.2) is 9.59 Å². The van der Waals surface area contributed by atoms with E-state index in [4.69, 9.17) is 16.3 Å². The molecule has 0 atom stereocenters. The van der Waals surface area contributed by atoms with E-state index in [9.17, 15) is 9.59 Å². The van der Waals surface area contributed by atoms with E-state index in [2.05, 4.69) is 11.2 Å². The average Bonchev–Trinajstić information content (AvgIpc) is 2.50. The van der Waals surface area contributed by atoms with Crippen LogP contribution in [0.3, 0.4) is 0 Å². The number of hydrogen-bond acceptors (Lipinski definition) is 3. The smallest absolute Gasteiger partial charge is 0.339 e. The van der Waals surface area contributed by atoms with Crippen molar-refractivity contribution in [3.8, 4) is 18.1 Å². The number of unbranched alkanes of at least 4 members (excludes halogenated alkanes) is 1. The minimum Gasteiger partial charge on any atom is -0.489 e. The molecule has 6 nitrogen and oxygen atoms in total. The van der Waals surface area contributed by atoms with Crippen molar-refractivity contribution < 1.29 is 19.4 Å². The van der Waals surface area contributed by atoms with Gasteiger partial charge in [0, 0.05) is 13.0 Å². The predicted molar refractivity (Wildman–Crippen MR) is 77.7 cm³/mol. The Morgan fingerprint density at radius 3 is 3.00 bits per heavy atom. The number of carbonyl (C=O) groups excluding carboxylic acids is 1. The van der Waals surface area contributed by atoms with E-state index in [1.807, 2.05) is 0 Å². The first kappa shape index (κ1) is 14.7. The van der Waals surface area contributed by atoms with Gasteiger partial charge in [-0.15, -0.1) is 12.3 Å². The van der Waals surface area contributed by atoms with E-state index in [0.717, 1.165) is 0 Å². The monoisotopic (exact) mass is 288 g/mol. The van der Waals surface area contributed by atoms with E-state index in [1.165, 1.54) is 11.0 Å². The number of hydrogen-bond donors (Lipinski definition) is 2. The van der Waals surface area contributed by atoms with Crippen molar-refractivity contribution >= 4 is 17.7 Å². The van der Waals surface area contributed by atoms with E-state index < -0.39 is 5.97 Å². The first-order valence-electron chi connectivity index (χ1n) is 6.63. The maximum atomic E-state index is 12.2. The van der Waals surface area contributed by atoms with Crippen molar-refractivity contribution in [2.45, 2.75) is 12.8 Å². The highest BCUT2D eigenvalue weighted by Gasteiger charge is 2.27. The van der Waals surface area contributed by atoms with Crippen molar-refractivity contribution in [1.82, 2.24) is 5.32 Å². The average molecular weight is 288 g/mol. The van der Waals surface area contributed by atoms with Crippen LogP contribution in [0.1, 0.15) is 23.2 Å². The van der Waals surface area contributed by atoms with Gasteiger partial charge < -0.3 is 15.2 Å². The van der Waals surface area contributed by atoms with Gasteiger partial charge in [0.25, 0.3) is 0 Å². The van der Waals surface area contributed by atoms with Gasteiger partial charge in [-0.3, -0.25) is 4.90 Å². The first-order valence-corrected chi connectivity index (χ1v) is 6.63. The Morgan fingerprint density at radius 1 is 1.48 bits per heavy atom. The lowest BCUT2D eigenvalue weighted by Gasteiger charge is -2.30. The SMILES string of the molecule is C#CCCCNC(=O)N1CCOc2c(C(=O)O)cccc21. The van der Waals surface area contributed by atoms with Crippen LogP contribution in [-0.2, 0) is 0 Å². The molecule has 0 saturated carbocycles. The maximum Gasteiger partial charge on any atom is 0.339 e. The number of para-hydroxylation sites is 1. The molecule has 1 aliphatic rings. The molecule has 2 amide bonds. The van der Waals surface area contributed by atoms with Crippen molar-refractivity contribution in [2.75, 3.05) is 24.6 Å². The van der Waals surface area contributed by atoms with Crippen LogP contribution in [0.25, 0.3) is 0 Å². The lowest BCUT2D eigenvalue weighted by Crippen LogP contribution is -2.44. The molecule has 1 heterocycles. The molecule has 1 aliphatic heterocycles. The Balaban J connectivity index is 2.15. The van der Waals surface area contributed by atoms with Gasteiger partial charge >= 0.3 is 12.0 Å². The fourth-order valence-corrected chi connectivity index (χ4v) is 2.11. The summed E-state index contributed by atoms with van der Waals surface area (Å²) in [7, 11) is 0. The molecule has 0 unspecified atom stereocenters. The molecule has 1 aromatic carbocycles. The number of fused-ring (bicyclic) bond motifs is 1. The number of urea groups is 1. The highest BCUT2D eigenvalue weighted by atomic mass is 16.5. The molecular formula is C15H16N2O4. The summed E-state index contributed by atoms with van der Waals surface area (Å²) in [6, 6.07) is 4.44. The zero-order chi connectivity index (χ0) is 15.2. The number of amides is 2. The molecule has 6 heteroatoms. The fraction of sp³-hybridized carbons (Fsp3) is 0.333. The second-order valence-corrected chi connectivity index (χ2v) is 4.50. The van der Waals surface area contributed by atoms with E-state index >= 15 is 0 Å². The summed E-state index contributed by atoms with van der Waals surface area (Å²) in [6.45, 7) is 1.11. The number of ether oxygens (including phenoxy) is 1. The van der Waals surface area contributed by atoms with Crippen LogP contribution in [0, 0.1) is 12.3 Å². The van der Waals surface area contributed by atoms with Gasteiger partial charge in [0.05, 0.1) is 12.2 Å². The molecule has 0 aromatic heterocycles. The van der Waals surface area contributed by atoms with Crippen molar-refractivity contribution in [3.05, 3.63) is 23.8 Å². The summed E-state index contributed by atoms with van der Waals surface area (Å²) in [5.41, 5.74) is 0.521. The highest BCUT2D eigenvalue weighted by molar-refractivity contribution is 5.99. The molecule has 1 aromatic rings. The quantitative estimate of drug-likeness (QED) is 0.653. The van der Waals surface area contributed by atoms with E-state index in [1.54, 1.807) is 12.1 Å². The van der Waals surface area contributed by atoms with E-state index in [0.29, 0.717) is 31.6 Å². The number of rotatable bonds is 4. The maximum absolute atomic E-state index is 12.2. The van der Waals surface area contributed by atoms with Crippen LogP contribution in [0.4, 0.5) is 10.5 Å². The number of nitrogens with zero attached hydrogens (tertiary/aromatic N) is 1. The third-order valence-electron chi connectivity index (χ3n) is 3.10. The minimum atomic E-state index is -1.08. The zero-order valence-electron chi connectivity index (χ0n) is 11.5. The molecular weight excluding hydrogens is 272 g/mol. The standard InChI is InChI=1S/C15H16N2O4/c1-2-3-4-8-16-15(20)17-9-10-21-13-11(14(18)19)6-5-7-12(13)17/h1,5-7H,3-4,8-10H2,(H,16,20)(H,18,19). The van der Waals surface area contributed by atoms with Gasteiger partial charge in [0.1, 0.15) is 12.2 Å². The van der Waals surface area contributed by atoms with E-state index in [-0.39, 0.29) is 24.0 Å². The second kappa shape index (κ2) is 6.66. The second-order valence-electron chi connectivity index (χ2n) is 4.50. The summed E-state index contributed by atoms with van der Waals surface area (Å²) >= 11 is 0. The first-order chi connectivity index (χ1) is 10.1. The molecule has 0 fully saturated rings. The Labute approximate surface area is 122 Å². The molecule has 0 radical (unpaired) electrons. The molecule has 0 aliphatic carbocycles. The third kappa shape index (κ3) is 3.26. The number of benzene rings is 1. The number of carboxylic acid groups (broad SMARTS) is 1. The Bertz CT molecular complexity index is 592. The number of carboxylic acids is 1. The topological polar surface area (TPSA) is 78.9 Å². The van der Waals surface area contributed by atoms with Crippen molar-refractivity contribution in [1.29, 1.82) is 0 Å². The lowest BCUT2D eigenvalue weighted by molar-refractivity contribution is 0.0692. The van der Waals surface area contributed by atoms with Crippen LogP contribution in [0.15, 0.2) is 18.2 Å². The number of nitrogens with one attached hydrogen (secondary N) is 1. The Hall–Kier alpha value is -2.68. The zero-order valence-corrected chi connectivity index (χ0v) is 11.5. The van der Waals surface area contributed by atoms with Gasteiger partial charge in [-0.1, -0.05) is 6.07 Å². The molecule has 2 rings (SSSR count). The van der Waals surface area contributed by atoms with Crippen LogP contribution in [-0.4, -0.2) is 36.8 Å². The summed E-state index contributed by atoms with van der Waals surface area (Å²) < 4.78 is 5.41. The van der Waals surface area contributed by atoms with Crippen molar-refractivity contribution in [2.24, 2.45) is 0 Å². The van der Waals surface area contributed by atoms with Gasteiger partial charge in [-0.2, -0.15) is 0 Å². The van der Waals surface area contributed by atoms with Crippen LogP contribution >= 0.6 is 0 Å². The van der Waals surface area contributed by atoms with Crippen LogP contribution < -0.4 is 15.0 Å². The molecule has 0 spiro atoms. The Kier molecular flexibility index (Phi) is 4.67. The number of carbonyl (C=O) groups is 2. The van der Waals surface area contributed by atoms with Crippen molar-refractivity contribution in [3.63, 3.8) is 0 Å². The summed E-state index contributed by atoms with van der Waals surface area (Å²) in [5.74, 6) is 1.66. The van der Waals surface area contributed by atoms with Crippen LogP contribution in [0.2, 0.25) is 0 Å². The number of terminal acetylenes is 1. The Morgan fingerprint density at radius 2 is 2.29 bits per heavy atom. The summed E-state index contributed by atoms with van der Waals surface area (Å²) in [4.78, 5) is 24.8. The van der Waals surface area contributed by atoms with Crippen LogP contribution in [0.5, 0.6) is 5.75 Å². The molecule has 0 saturated heterocycles. The fourth-order valence-electron chi connectivity index (χ4n) is 2.11. The normalized spacial score (nSPS) is 12.8. The summed E-state index contributed by atoms with van der Waals surface area (Å²) in [6.07, 6.45) is 6.45. The van der Waals surface area contributed by atoms with Gasteiger partial charge in [0.2, 0.25) is 0 Å². The largest absolute Gasteiger partial charge is 0.489 e. The third-order valence-corrected chi connectivity index (χ3v) is 3.10. The number of anilines is 1. The molecule has 0 bridgehead atoms. The molecule has 2 N–H and O–H groups in total. The molecule has 21 heavy (non-hydrogen) atoms. The summed E-state index contributed by atoms with van der Waals surface area (Å²) in [5, 5.41) is 11.9.